The van der Waals surface area contributed by atoms with Gasteiger partial charge < -0.3 is 5.73 Å². The van der Waals surface area contributed by atoms with Gasteiger partial charge in [0.15, 0.2) is 0 Å². The molecule has 0 radical (unpaired) electrons. The summed E-state index contributed by atoms with van der Waals surface area (Å²) in [7, 11) is 0. The zero-order valence-corrected chi connectivity index (χ0v) is 8.65. The largest absolute Gasteiger partial charge is 0.369 e. The Morgan fingerprint density at radius 3 is 2.71 bits per heavy atom. The molecule has 1 aromatic carbocycles. The molecule has 5 nitrogen and oxygen atoms in total. The number of nitro groups is 1. The van der Waals surface area contributed by atoms with Gasteiger partial charge in [-0.1, -0.05) is 15.9 Å². The van der Waals surface area contributed by atoms with E-state index in [0.717, 1.165) is 0 Å². The Morgan fingerprint density at radius 2 is 2.21 bits per heavy atom. The first kappa shape index (κ1) is 10.6. The third-order valence-electron chi connectivity index (χ3n) is 1.60. The number of rotatable bonds is 3. The van der Waals surface area contributed by atoms with Crippen LogP contribution in [0, 0.1) is 10.1 Å². The highest BCUT2D eigenvalue weighted by molar-refractivity contribution is 9.10. The smallest absolute Gasteiger partial charge is 0.273 e. The summed E-state index contributed by atoms with van der Waals surface area (Å²) in [6.45, 7) is 0. The van der Waals surface area contributed by atoms with Gasteiger partial charge >= 0.3 is 0 Å². The van der Waals surface area contributed by atoms with Crippen molar-refractivity contribution in [1.29, 1.82) is 0 Å². The van der Waals surface area contributed by atoms with Crippen molar-refractivity contribution in [1.82, 2.24) is 0 Å². The van der Waals surface area contributed by atoms with Gasteiger partial charge in [-0.3, -0.25) is 14.9 Å². The van der Waals surface area contributed by atoms with Gasteiger partial charge in [-0.2, -0.15) is 0 Å². The summed E-state index contributed by atoms with van der Waals surface area (Å²) < 4.78 is 0.680. The molecular weight excluding hydrogens is 252 g/mol. The molecular formula is C8H7BrN2O3. The standard InChI is InChI=1S/C8H7BrN2O3/c9-6-1-2-7(11(13)14)5(3-6)4-8(10)12/h1-3H,4H2,(H2,10,12). The number of halogens is 1. The third kappa shape index (κ3) is 2.53. The molecule has 1 aromatic rings. The average Bonchev–Trinajstić information content (AvgIpc) is 2.01. The van der Waals surface area contributed by atoms with Crippen molar-refractivity contribution < 1.29 is 9.72 Å². The lowest BCUT2D eigenvalue weighted by molar-refractivity contribution is -0.385. The van der Waals surface area contributed by atoms with Gasteiger partial charge in [-0.25, -0.2) is 0 Å². The van der Waals surface area contributed by atoms with Gasteiger partial charge in [0.2, 0.25) is 5.91 Å². The van der Waals surface area contributed by atoms with Crippen LogP contribution in [0.15, 0.2) is 22.7 Å². The first-order valence-corrected chi connectivity index (χ1v) is 4.51. The Kier molecular flexibility index (Phi) is 3.19. The summed E-state index contributed by atoms with van der Waals surface area (Å²) in [4.78, 5) is 20.7. The van der Waals surface area contributed by atoms with Crippen molar-refractivity contribution in [2.75, 3.05) is 0 Å². The minimum atomic E-state index is -0.591. The van der Waals surface area contributed by atoms with Gasteiger partial charge in [-0.15, -0.1) is 0 Å². The molecule has 0 aliphatic rings. The fourth-order valence-electron chi connectivity index (χ4n) is 1.06. The number of primary amides is 1. The maximum atomic E-state index is 10.6. The van der Waals surface area contributed by atoms with Crippen LogP contribution in [0.2, 0.25) is 0 Å². The van der Waals surface area contributed by atoms with E-state index in [2.05, 4.69) is 15.9 Å². The predicted octanol–water partition coefficient (Wildman–Crippen LogP) is 1.39. The minimum Gasteiger partial charge on any atom is -0.369 e. The van der Waals surface area contributed by atoms with E-state index in [4.69, 9.17) is 5.73 Å². The predicted molar refractivity (Wildman–Crippen MR) is 53.7 cm³/mol. The van der Waals surface area contributed by atoms with E-state index in [1.165, 1.54) is 12.1 Å². The Labute approximate surface area is 88.2 Å². The number of hydrogen-bond donors (Lipinski definition) is 1. The lowest BCUT2D eigenvalue weighted by Crippen LogP contribution is -2.14. The highest BCUT2D eigenvalue weighted by atomic mass is 79.9. The Bertz CT molecular complexity index is 392. The lowest BCUT2D eigenvalue weighted by Gasteiger charge is -2.00. The second kappa shape index (κ2) is 4.19. The van der Waals surface area contributed by atoms with Gasteiger partial charge in [0.1, 0.15) is 0 Å². The van der Waals surface area contributed by atoms with Crippen LogP contribution in [0.3, 0.4) is 0 Å². The van der Waals surface area contributed by atoms with Crippen LogP contribution < -0.4 is 5.73 Å². The Morgan fingerprint density at radius 1 is 1.57 bits per heavy atom. The molecule has 0 unspecified atom stereocenters. The molecule has 0 aliphatic heterocycles. The lowest BCUT2D eigenvalue weighted by atomic mass is 10.1. The second-order valence-electron chi connectivity index (χ2n) is 2.67. The summed E-state index contributed by atoms with van der Waals surface area (Å²) in [6, 6.07) is 4.40. The van der Waals surface area contributed by atoms with E-state index < -0.39 is 10.8 Å². The van der Waals surface area contributed by atoms with Crippen molar-refractivity contribution in [3.8, 4) is 0 Å². The molecule has 0 aliphatic carbocycles. The van der Waals surface area contributed by atoms with Crippen LogP contribution in [0.5, 0.6) is 0 Å². The number of benzene rings is 1. The van der Waals surface area contributed by atoms with E-state index >= 15 is 0 Å². The molecule has 1 amide bonds. The summed E-state index contributed by atoms with van der Waals surface area (Å²) in [5.74, 6) is -0.591. The van der Waals surface area contributed by atoms with Crippen molar-refractivity contribution >= 4 is 27.5 Å². The quantitative estimate of drug-likeness (QED) is 0.657. The van der Waals surface area contributed by atoms with Crippen molar-refractivity contribution in [3.05, 3.63) is 38.3 Å². The van der Waals surface area contributed by atoms with E-state index in [1.54, 1.807) is 6.07 Å². The number of carbonyl (C=O) groups excluding carboxylic acids is 1. The van der Waals surface area contributed by atoms with Gasteiger partial charge in [0.05, 0.1) is 11.3 Å². The molecule has 0 aromatic heterocycles. The average molecular weight is 259 g/mol. The second-order valence-corrected chi connectivity index (χ2v) is 3.59. The Balaban J connectivity index is 3.15. The number of nitrogens with two attached hydrogens (primary N) is 1. The Hall–Kier alpha value is -1.43. The van der Waals surface area contributed by atoms with E-state index in [1.807, 2.05) is 0 Å². The van der Waals surface area contributed by atoms with Gasteiger partial charge in [0.25, 0.3) is 5.69 Å². The van der Waals surface area contributed by atoms with E-state index in [9.17, 15) is 14.9 Å². The zero-order chi connectivity index (χ0) is 10.7. The number of amides is 1. The molecule has 0 heterocycles. The SMILES string of the molecule is NC(=O)Cc1cc(Br)ccc1[N+](=O)[O-]. The summed E-state index contributed by atoms with van der Waals surface area (Å²) in [5.41, 5.74) is 5.19. The molecule has 74 valence electrons. The molecule has 14 heavy (non-hydrogen) atoms. The van der Waals surface area contributed by atoms with Crippen molar-refractivity contribution in [2.24, 2.45) is 5.73 Å². The first-order chi connectivity index (χ1) is 6.50. The number of nitro benzene ring substituents is 1. The topological polar surface area (TPSA) is 86.2 Å². The van der Waals surface area contributed by atoms with Crippen LogP contribution in [0.4, 0.5) is 5.69 Å². The van der Waals surface area contributed by atoms with Gasteiger partial charge in [0, 0.05) is 16.1 Å². The van der Waals surface area contributed by atoms with Crippen LogP contribution in [-0.2, 0) is 11.2 Å². The first-order valence-electron chi connectivity index (χ1n) is 3.72. The number of carbonyl (C=O) groups is 1. The zero-order valence-electron chi connectivity index (χ0n) is 7.07. The highest BCUT2D eigenvalue weighted by Gasteiger charge is 2.14. The summed E-state index contributed by atoms with van der Waals surface area (Å²) >= 11 is 3.16. The van der Waals surface area contributed by atoms with Crippen molar-refractivity contribution in [3.63, 3.8) is 0 Å². The highest BCUT2D eigenvalue weighted by Crippen LogP contribution is 2.23. The summed E-state index contributed by atoms with van der Waals surface area (Å²) in [5, 5.41) is 10.6. The van der Waals surface area contributed by atoms with E-state index in [-0.39, 0.29) is 12.1 Å². The van der Waals surface area contributed by atoms with Crippen molar-refractivity contribution in [2.45, 2.75) is 6.42 Å². The fraction of sp³-hybridized carbons (Fsp3) is 0.125. The number of hydrogen-bond acceptors (Lipinski definition) is 3. The third-order valence-corrected chi connectivity index (χ3v) is 2.10. The van der Waals surface area contributed by atoms with E-state index in [0.29, 0.717) is 10.0 Å². The van der Waals surface area contributed by atoms with Crippen LogP contribution >= 0.6 is 15.9 Å². The van der Waals surface area contributed by atoms with Crippen LogP contribution in [0.25, 0.3) is 0 Å². The monoisotopic (exact) mass is 258 g/mol. The minimum absolute atomic E-state index is 0.0907. The molecule has 0 atom stereocenters. The maximum absolute atomic E-state index is 10.6. The van der Waals surface area contributed by atoms with Gasteiger partial charge in [-0.05, 0) is 12.1 Å². The molecule has 0 saturated heterocycles. The van der Waals surface area contributed by atoms with Crippen LogP contribution in [-0.4, -0.2) is 10.8 Å². The molecule has 0 bridgehead atoms. The maximum Gasteiger partial charge on any atom is 0.273 e. The van der Waals surface area contributed by atoms with Crippen LogP contribution in [0.1, 0.15) is 5.56 Å². The molecule has 2 N–H and O–H groups in total. The molecule has 6 heteroatoms. The fourth-order valence-corrected chi connectivity index (χ4v) is 1.47. The molecule has 0 saturated carbocycles. The normalized spacial score (nSPS) is 9.79. The molecule has 0 fully saturated rings. The number of nitrogens with zero attached hydrogens (tertiary/aromatic N) is 1. The molecule has 1 rings (SSSR count). The summed E-state index contributed by atoms with van der Waals surface area (Å²) in [6.07, 6.45) is -0.129. The molecule has 0 spiro atoms.